The Balaban J connectivity index is 3.41. The number of aromatic hydroxyl groups is 1. The molecule has 116 valence electrons. The van der Waals surface area contributed by atoms with Crippen LogP contribution < -0.4 is 11.2 Å². The number of hydrogen-bond acceptors (Lipinski definition) is 3. The standard InChI is InChI=1S/C16H25N3OS/c1-15(2,3)11-7-10(9-18-19-14(17)21)8-12(13(11)20)16(4,5)6/h7-9,20H,1-6H3,(H3,17,19,21)/b18-9-. The maximum Gasteiger partial charge on any atom is 0.184 e. The van der Waals surface area contributed by atoms with Crippen LogP contribution in [-0.4, -0.2) is 16.4 Å². The molecule has 0 saturated heterocycles. The van der Waals surface area contributed by atoms with Gasteiger partial charge in [0.05, 0.1) is 6.21 Å². The van der Waals surface area contributed by atoms with Crippen LogP contribution in [0.3, 0.4) is 0 Å². The minimum absolute atomic E-state index is 0.122. The van der Waals surface area contributed by atoms with Crippen molar-refractivity contribution in [3.63, 3.8) is 0 Å². The van der Waals surface area contributed by atoms with Gasteiger partial charge in [-0.1, -0.05) is 41.5 Å². The zero-order chi connectivity index (χ0) is 16.4. The first-order valence-corrected chi connectivity index (χ1v) is 7.30. The zero-order valence-electron chi connectivity index (χ0n) is 13.6. The number of phenolic OH excluding ortho intramolecular Hbond substituents is 1. The molecule has 5 heteroatoms. The molecule has 0 aromatic heterocycles. The third-order valence-electron chi connectivity index (χ3n) is 3.14. The summed E-state index contributed by atoms with van der Waals surface area (Å²) in [7, 11) is 0. The Hall–Kier alpha value is -1.62. The molecule has 4 N–H and O–H groups in total. The lowest BCUT2D eigenvalue weighted by atomic mass is 9.78. The maximum atomic E-state index is 10.6. The third kappa shape index (κ3) is 4.70. The minimum atomic E-state index is -0.162. The van der Waals surface area contributed by atoms with Crippen molar-refractivity contribution in [3.05, 3.63) is 28.8 Å². The van der Waals surface area contributed by atoms with Crippen LogP contribution in [0.4, 0.5) is 0 Å². The van der Waals surface area contributed by atoms with Crippen LogP contribution >= 0.6 is 12.2 Å². The number of nitrogens with one attached hydrogen (secondary N) is 1. The predicted octanol–water partition coefficient (Wildman–Crippen LogP) is 3.15. The second kappa shape index (κ2) is 6.02. The second-order valence-corrected chi connectivity index (χ2v) is 7.64. The maximum absolute atomic E-state index is 10.6. The molecular formula is C16H25N3OS. The van der Waals surface area contributed by atoms with E-state index in [1.54, 1.807) is 6.21 Å². The van der Waals surface area contributed by atoms with Gasteiger partial charge in [-0.25, -0.2) is 0 Å². The van der Waals surface area contributed by atoms with Crippen molar-refractivity contribution in [2.45, 2.75) is 52.4 Å². The Morgan fingerprint density at radius 2 is 1.57 bits per heavy atom. The number of hydrazone groups is 1. The first-order chi connectivity index (χ1) is 9.43. The van der Waals surface area contributed by atoms with Gasteiger partial charge in [-0.15, -0.1) is 0 Å². The van der Waals surface area contributed by atoms with Gasteiger partial charge in [0.1, 0.15) is 5.75 Å². The number of hydrogen-bond donors (Lipinski definition) is 3. The van der Waals surface area contributed by atoms with Crippen LogP contribution in [0.5, 0.6) is 5.75 Å². The van der Waals surface area contributed by atoms with Gasteiger partial charge in [0.15, 0.2) is 5.11 Å². The van der Waals surface area contributed by atoms with E-state index in [9.17, 15) is 5.11 Å². The summed E-state index contributed by atoms with van der Waals surface area (Å²) in [5, 5.41) is 14.7. The Kier molecular flexibility index (Phi) is 4.99. The Morgan fingerprint density at radius 1 is 1.14 bits per heavy atom. The largest absolute Gasteiger partial charge is 0.507 e. The van der Waals surface area contributed by atoms with Crippen molar-refractivity contribution in [2.24, 2.45) is 10.8 Å². The van der Waals surface area contributed by atoms with Crippen molar-refractivity contribution in [1.29, 1.82) is 0 Å². The lowest BCUT2D eigenvalue weighted by molar-refractivity contribution is 0.423. The smallest absolute Gasteiger partial charge is 0.184 e. The van der Waals surface area contributed by atoms with Crippen LogP contribution in [0.25, 0.3) is 0 Å². The Labute approximate surface area is 132 Å². The van der Waals surface area contributed by atoms with Crippen LogP contribution in [0.2, 0.25) is 0 Å². The van der Waals surface area contributed by atoms with Crippen LogP contribution in [0.1, 0.15) is 58.2 Å². The van der Waals surface area contributed by atoms with E-state index in [4.69, 9.17) is 18.0 Å². The average molecular weight is 307 g/mol. The molecule has 21 heavy (non-hydrogen) atoms. The summed E-state index contributed by atoms with van der Waals surface area (Å²) in [4.78, 5) is 0. The Morgan fingerprint density at radius 3 is 1.90 bits per heavy atom. The summed E-state index contributed by atoms with van der Waals surface area (Å²) in [5.41, 5.74) is 10.2. The summed E-state index contributed by atoms with van der Waals surface area (Å²) in [6.45, 7) is 12.4. The fourth-order valence-electron chi connectivity index (χ4n) is 2.05. The number of rotatable bonds is 2. The molecule has 0 fully saturated rings. The van der Waals surface area contributed by atoms with Crippen molar-refractivity contribution in [3.8, 4) is 5.75 Å². The SMILES string of the molecule is CC(C)(C)c1cc(/C=N\NC(N)=S)cc(C(C)(C)C)c1O. The highest BCUT2D eigenvalue weighted by molar-refractivity contribution is 7.80. The normalized spacial score (nSPS) is 12.7. The summed E-state index contributed by atoms with van der Waals surface area (Å²) in [5.74, 6) is 0.356. The second-order valence-electron chi connectivity index (χ2n) is 7.20. The molecule has 0 aliphatic carbocycles. The molecular weight excluding hydrogens is 282 g/mol. The molecule has 0 unspecified atom stereocenters. The minimum Gasteiger partial charge on any atom is -0.507 e. The third-order valence-corrected chi connectivity index (χ3v) is 3.23. The molecule has 0 saturated carbocycles. The number of nitrogens with two attached hydrogens (primary N) is 1. The highest BCUT2D eigenvalue weighted by Gasteiger charge is 2.26. The first-order valence-electron chi connectivity index (χ1n) is 6.89. The molecule has 0 radical (unpaired) electrons. The monoisotopic (exact) mass is 307 g/mol. The summed E-state index contributed by atoms with van der Waals surface area (Å²) >= 11 is 4.71. The van der Waals surface area contributed by atoms with Crippen molar-refractivity contribution in [2.75, 3.05) is 0 Å². The quantitative estimate of drug-likeness (QED) is 0.446. The van der Waals surface area contributed by atoms with Crippen LogP contribution in [0, 0.1) is 0 Å². The fraction of sp³-hybridized carbons (Fsp3) is 0.500. The van der Waals surface area contributed by atoms with Gasteiger partial charge in [0, 0.05) is 11.1 Å². The predicted molar refractivity (Wildman–Crippen MR) is 93.0 cm³/mol. The number of phenols is 1. The highest BCUT2D eigenvalue weighted by atomic mass is 32.1. The number of benzene rings is 1. The molecule has 0 aliphatic heterocycles. The molecule has 0 amide bonds. The fourth-order valence-corrected chi connectivity index (χ4v) is 2.10. The topological polar surface area (TPSA) is 70.6 Å². The van der Waals surface area contributed by atoms with E-state index in [0.29, 0.717) is 5.75 Å². The molecule has 0 spiro atoms. The molecule has 1 aromatic carbocycles. The van der Waals surface area contributed by atoms with Crippen molar-refractivity contribution < 1.29 is 5.11 Å². The molecule has 4 nitrogen and oxygen atoms in total. The van der Waals surface area contributed by atoms with Gasteiger partial charge in [0.2, 0.25) is 0 Å². The van der Waals surface area contributed by atoms with Crippen LogP contribution in [0.15, 0.2) is 17.2 Å². The van der Waals surface area contributed by atoms with Gasteiger partial charge < -0.3 is 10.8 Å². The Bertz CT molecular complexity index is 531. The van der Waals surface area contributed by atoms with Gasteiger partial charge in [-0.05, 0) is 40.7 Å². The molecule has 0 atom stereocenters. The van der Waals surface area contributed by atoms with Gasteiger partial charge in [0.25, 0.3) is 0 Å². The van der Waals surface area contributed by atoms with Gasteiger partial charge in [-0.2, -0.15) is 5.10 Å². The average Bonchev–Trinajstić information content (AvgIpc) is 2.27. The summed E-state index contributed by atoms with van der Waals surface area (Å²) in [6.07, 6.45) is 1.66. The summed E-state index contributed by atoms with van der Waals surface area (Å²) in [6, 6.07) is 3.88. The molecule has 0 heterocycles. The van der Waals surface area contributed by atoms with Crippen LogP contribution in [-0.2, 0) is 10.8 Å². The van der Waals surface area contributed by atoms with Gasteiger partial charge in [-0.3, -0.25) is 5.43 Å². The lowest BCUT2D eigenvalue weighted by Crippen LogP contribution is -2.24. The van der Waals surface area contributed by atoms with E-state index >= 15 is 0 Å². The van der Waals surface area contributed by atoms with E-state index in [1.807, 2.05) is 12.1 Å². The van der Waals surface area contributed by atoms with E-state index < -0.39 is 0 Å². The zero-order valence-corrected chi connectivity index (χ0v) is 14.4. The van der Waals surface area contributed by atoms with E-state index in [2.05, 4.69) is 52.1 Å². The van der Waals surface area contributed by atoms with E-state index in [0.717, 1.165) is 16.7 Å². The highest BCUT2D eigenvalue weighted by Crippen LogP contribution is 2.39. The van der Waals surface area contributed by atoms with Crippen molar-refractivity contribution >= 4 is 23.5 Å². The van der Waals surface area contributed by atoms with E-state index in [1.165, 1.54) is 0 Å². The number of thiocarbonyl (C=S) groups is 1. The lowest BCUT2D eigenvalue weighted by Gasteiger charge is -2.27. The number of nitrogens with zero attached hydrogens (tertiary/aromatic N) is 1. The van der Waals surface area contributed by atoms with Gasteiger partial charge >= 0.3 is 0 Å². The molecule has 0 bridgehead atoms. The van der Waals surface area contributed by atoms with Crippen molar-refractivity contribution in [1.82, 2.24) is 5.43 Å². The summed E-state index contributed by atoms with van der Waals surface area (Å²) < 4.78 is 0. The molecule has 1 aromatic rings. The molecule has 1 rings (SSSR count). The first kappa shape index (κ1) is 17.4. The van der Waals surface area contributed by atoms with E-state index in [-0.39, 0.29) is 15.9 Å². The molecule has 0 aliphatic rings.